The van der Waals surface area contributed by atoms with E-state index >= 15 is 0 Å². The van der Waals surface area contributed by atoms with Crippen molar-refractivity contribution in [1.29, 1.82) is 0 Å². The van der Waals surface area contributed by atoms with E-state index in [0.29, 0.717) is 11.5 Å². The van der Waals surface area contributed by atoms with E-state index in [4.69, 9.17) is 0 Å². The third-order valence-electron chi connectivity index (χ3n) is 2.75. The molecule has 0 saturated heterocycles. The molecule has 0 aromatic carbocycles. The van der Waals surface area contributed by atoms with Gasteiger partial charge in [0.2, 0.25) is 0 Å². The number of nitrogens with zero attached hydrogens (tertiary/aromatic N) is 1. The van der Waals surface area contributed by atoms with Crippen molar-refractivity contribution in [3.8, 4) is 0 Å². The molecule has 0 bridgehead atoms. The molecule has 1 aromatic heterocycles. The van der Waals surface area contributed by atoms with Crippen LogP contribution in [0.15, 0.2) is 12.1 Å². The average molecular weight is 313 g/mol. The van der Waals surface area contributed by atoms with Gasteiger partial charge in [0.15, 0.2) is 0 Å². The molecule has 18 heavy (non-hydrogen) atoms. The fraction of sp³-hybridized carbons (Fsp3) is 0.571. The Morgan fingerprint density at radius 2 is 2.06 bits per heavy atom. The van der Waals surface area contributed by atoms with Crippen LogP contribution in [0, 0.1) is 19.8 Å². The van der Waals surface area contributed by atoms with Gasteiger partial charge >= 0.3 is 0 Å². The fourth-order valence-electron chi connectivity index (χ4n) is 1.92. The molecule has 0 radical (unpaired) electrons. The summed E-state index contributed by atoms with van der Waals surface area (Å²) >= 11 is 3.45. The lowest BCUT2D eigenvalue weighted by molar-refractivity contribution is 0.0936. The lowest BCUT2D eigenvalue weighted by atomic mass is 10.0. The highest BCUT2D eigenvalue weighted by Crippen LogP contribution is 2.10. The minimum atomic E-state index is -0.0369. The second kappa shape index (κ2) is 6.88. The fourth-order valence-corrected chi connectivity index (χ4v) is 2.35. The Kier molecular flexibility index (Phi) is 5.79. The standard InChI is InChI=1S/C14H21BrN2O/c1-9(2)7-12(8-15)17-14(18)13-6-5-10(3)16-11(13)4/h5-6,9,12H,7-8H2,1-4H3,(H,17,18). The number of rotatable bonds is 5. The minimum Gasteiger partial charge on any atom is -0.348 e. The summed E-state index contributed by atoms with van der Waals surface area (Å²) < 4.78 is 0. The Hall–Kier alpha value is -0.900. The second-order valence-electron chi connectivity index (χ2n) is 5.04. The highest BCUT2D eigenvalue weighted by molar-refractivity contribution is 9.09. The number of alkyl halides is 1. The van der Waals surface area contributed by atoms with Gasteiger partial charge in [-0.25, -0.2) is 0 Å². The summed E-state index contributed by atoms with van der Waals surface area (Å²) in [5.41, 5.74) is 2.38. The number of carbonyl (C=O) groups excluding carboxylic acids is 1. The summed E-state index contributed by atoms with van der Waals surface area (Å²) in [6, 6.07) is 3.87. The first-order valence-electron chi connectivity index (χ1n) is 6.25. The Labute approximate surface area is 118 Å². The maximum Gasteiger partial charge on any atom is 0.253 e. The molecule has 1 N–H and O–H groups in total. The third kappa shape index (κ3) is 4.41. The topological polar surface area (TPSA) is 42.0 Å². The molecule has 1 amide bonds. The van der Waals surface area contributed by atoms with Gasteiger partial charge < -0.3 is 5.32 Å². The molecule has 100 valence electrons. The van der Waals surface area contributed by atoms with Crippen LogP contribution in [-0.2, 0) is 0 Å². The van der Waals surface area contributed by atoms with Gasteiger partial charge in [-0.1, -0.05) is 29.8 Å². The molecule has 0 aliphatic carbocycles. The number of carbonyl (C=O) groups is 1. The summed E-state index contributed by atoms with van der Waals surface area (Å²) in [6.07, 6.45) is 0.968. The number of hydrogen-bond donors (Lipinski definition) is 1. The predicted molar refractivity (Wildman–Crippen MR) is 78.2 cm³/mol. The molecule has 1 unspecified atom stereocenters. The second-order valence-corrected chi connectivity index (χ2v) is 5.69. The van der Waals surface area contributed by atoms with Crippen molar-refractivity contribution in [3.63, 3.8) is 0 Å². The Morgan fingerprint density at radius 3 is 2.56 bits per heavy atom. The van der Waals surface area contributed by atoms with Gasteiger partial charge in [0.25, 0.3) is 5.91 Å². The highest BCUT2D eigenvalue weighted by atomic mass is 79.9. The predicted octanol–water partition coefficient (Wildman–Crippen LogP) is 3.24. The molecular formula is C14H21BrN2O. The van der Waals surface area contributed by atoms with Crippen LogP contribution in [0.5, 0.6) is 0 Å². The molecule has 1 heterocycles. The lowest BCUT2D eigenvalue weighted by Crippen LogP contribution is -2.37. The Bertz CT molecular complexity index is 418. The van der Waals surface area contributed by atoms with Crippen LogP contribution in [0.3, 0.4) is 0 Å². The van der Waals surface area contributed by atoms with Crippen LogP contribution in [0.4, 0.5) is 0 Å². The molecule has 0 aliphatic heterocycles. The first-order valence-corrected chi connectivity index (χ1v) is 7.37. The van der Waals surface area contributed by atoms with Gasteiger partial charge in [-0.2, -0.15) is 0 Å². The van der Waals surface area contributed by atoms with Crippen LogP contribution in [0.25, 0.3) is 0 Å². The van der Waals surface area contributed by atoms with E-state index in [9.17, 15) is 4.79 Å². The molecule has 0 aliphatic rings. The van der Waals surface area contributed by atoms with Crippen molar-refractivity contribution < 1.29 is 4.79 Å². The largest absolute Gasteiger partial charge is 0.348 e. The van der Waals surface area contributed by atoms with Crippen molar-refractivity contribution in [2.24, 2.45) is 5.92 Å². The number of pyridine rings is 1. The van der Waals surface area contributed by atoms with E-state index in [0.717, 1.165) is 23.1 Å². The Balaban J connectivity index is 2.74. The molecule has 4 heteroatoms. The third-order valence-corrected chi connectivity index (χ3v) is 3.53. The van der Waals surface area contributed by atoms with Crippen LogP contribution in [0.2, 0.25) is 0 Å². The van der Waals surface area contributed by atoms with Crippen LogP contribution < -0.4 is 5.32 Å². The number of halogens is 1. The van der Waals surface area contributed by atoms with E-state index < -0.39 is 0 Å². The van der Waals surface area contributed by atoms with Gasteiger partial charge in [0.05, 0.1) is 11.3 Å². The molecule has 0 fully saturated rings. The zero-order valence-electron chi connectivity index (χ0n) is 11.5. The van der Waals surface area contributed by atoms with Gasteiger partial charge in [0, 0.05) is 17.1 Å². The zero-order chi connectivity index (χ0) is 13.7. The molecule has 1 rings (SSSR count). The van der Waals surface area contributed by atoms with Gasteiger partial charge in [-0.05, 0) is 38.3 Å². The SMILES string of the molecule is Cc1ccc(C(=O)NC(CBr)CC(C)C)c(C)n1. The van der Waals surface area contributed by atoms with E-state index in [1.165, 1.54) is 0 Å². The molecule has 0 spiro atoms. The molecular weight excluding hydrogens is 292 g/mol. The smallest absolute Gasteiger partial charge is 0.253 e. The quantitative estimate of drug-likeness (QED) is 0.848. The first-order chi connectivity index (χ1) is 8.43. The van der Waals surface area contributed by atoms with Crippen molar-refractivity contribution in [1.82, 2.24) is 10.3 Å². The maximum absolute atomic E-state index is 12.2. The zero-order valence-corrected chi connectivity index (χ0v) is 13.0. The monoisotopic (exact) mass is 312 g/mol. The van der Waals surface area contributed by atoms with Crippen LogP contribution >= 0.6 is 15.9 Å². The van der Waals surface area contributed by atoms with Crippen molar-refractivity contribution in [2.45, 2.75) is 40.2 Å². The van der Waals surface area contributed by atoms with Crippen LogP contribution in [0.1, 0.15) is 42.0 Å². The number of hydrogen-bond acceptors (Lipinski definition) is 2. The van der Waals surface area contributed by atoms with Crippen LogP contribution in [-0.4, -0.2) is 22.3 Å². The van der Waals surface area contributed by atoms with Gasteiger partial charge in [-0.15, -0.1) is 0 Å². The molecule has 1 aromatic rings. The van der Waals surface area contributed by atoms with Crippen molar-refractivity contribution in [3.05, 3.63) is 29.1 Å². The van der Waals surface area contributed by atoms with E-state index in [1.54, 1.807) is 0 Å². The molecule has 1 atom stereocenters. The summed E-state index contributed by atoms with van der Waals surface area (Å²) in [4.78, 5) is 16.5. The van der Waals surface area contributed by atoms with E-state index in [-0.39, 0.29) is 11.9 Å². The lowest BCUT2D eigenvalue weighted by Gasteiger charge is -2.18. The van der Waals surface area contributed by atoms with E-state index in [1.807, 2.05) is 26.0 Å². The number of aromatic nitrogens is 1. The normalized spacial score (nSPS) is 12.6. The summed E-state index contributed by atoms with van der Waals surface area (Å²) in [5.74, 6) is 0.523. The minimum absolute atomic E-state index is 0.0369. The number of aryl methyl sites for hydroxylation is 2. The van der Waals surface area contributed by atoms with E-state index in [2.05, 4.69) is 40.1 Å². The van der Waals surface area contributed by atoms with Crippen molar-refractivity contribution in [2.75, 3.05) is 5.33 Å². The number of nitrogens with one attached hydrogen (secondary N) is 1. The van der Waals surface area contributed by atoms with Crippen molar-refractivity contribution >= 4 is 21.8 Å². The average Bonchev–Trinajstić information content (AvgIpc) is 2.27. The molecule has 0 saturated carbocycles. The molecule has 3 nitrogen and oxygen atoms in total. The Morgan fingerprint density at radius 1 is 1.39 bits per heavy atom. The first kappa shape index (κ1) is 15.2. The summed E-state index contributed by atoms with van der Waals surface area (Å²) in [5, 5.41) is 3.82. The highest BCUT2D eigenvalue weighted by Gasteiger charge is 2.16. The summed E-state index contributed by atoms with van der Waals surface area (Å²) in [6.45, 7) is 8.10. The summed E-state index contributed by atoms with van der Waals surface area (Å²) in [7, 11) is 0. The van der Waals surface area contributed by atoms with Gasteiger partial charge in [-0.3, -0.25) is 9.78 Å². The number of amides is 1. The van der Waals surface area contributed by atoms with Gasteiger partial charge in [0.1, 0.15) is 0 Å². The maximum atomic E-state index is 12.2.